The summed E-state index contributed by atoms with van der Waals surface area (Å²) in [5.74, 6) is 0.198. The van der Waals surface area contributed by atoms with Crippen LogP contribution in [-0.4, -0.2) is 29.2 Å². The zero-order valence-electron chi connectivity index (χ0n) is 12.4. The quantitative estimate of drug-likeness (QED) is 0.740. The molecule has 5 nitrogen and oxygen atoms in total. The van der Waals surface area contributed by atoms with Crippen molar-refractivity contribution in [3.63, 3.8) is 0 Å². The van der Waals surface area contributed by atoms with Crippen molar-refractivity contribution in [3.8, 4) is 0 Å². The molecule has 0 aromatic heterocycles. The maximum atomic E-state index is 12.0. The molecule has 20 heavy (non-hydrogen) atoms. The second kappa shape index (κ2) is 6.46. The number of carboxylic acids is 1. The molecule has 0 spiro atoms. The van der Waals surface area contributed by atoms with Crippen molar-refractivity contribution in [1.82, 2.24) is 10.6 Å². The number of nitrogens with one attached hydrogen (secondary N) is 2. The molecule has 0 aromatic carbocycles. The van der Waals surface area contributed by atoms with E-state index in [-0.39, 0.29) is 24.0 Å². The van der Waals surface area contributed by atoms with E-state index in [1.807, 2.05) is 0 Å². The summed E-state index contributed by atoms with van der Waals surface area (Å²) < 4.78 is 0. The van der Waals surface area contributed by atoms with Crippen LogP contribution in [-0.2, 0) is 4.79 Å². The lowest BCUT2D eigenvalue weighted by Crippen LogP contribution is -2.46. The smallest absolute Gasteiger partial charge is 0.315 e. The van der Waals surface area contributed by atoms with Gasteiger partial charge in [0.25, 0.3) is 0 Å². The van der Waals surface area contributed by atoms with Gasteiger partial charge in [-0.15, -0.1) is 0 Å². The third-order valence-electron chi connectivity index (χ3n) is 5.18. The van der Waals surface area contributed by atoms with Gasteiger partial charge in [-0.3, -0.25) is 4.79 Å². The Kier molecular flexibility index (Phi) is 4.89. The van der Waals surface area contributed by atoms with Crippen LogP contribution in [0.25, 0.3) is 0 Å². The number of amides is 2. The van der Waals surface area contributed by atoms with Crippen molar-refractivity contribution in [1.29, 1.82) is 0 Å². The molecule has 2 saturated carbocycles. The molecule has 2 amide bonds. The van der Waals surface area contributed by atoms with Gasteiger partial charge in [-0.1, -0.05) is 20.3 Å². The zero-order valence-corrected chi connectivity index (χ0v) is 12.4. The van der Waals surface area contributed by atoms with E-state index in [2.05, 4.69) is 24.5 Å². The second-order valence-electron chi connectivity index (χ2n) is 6.37. The van der Waals surface area contributed by atoms with Gasteiger partial charge >= 0.3 is 12.0 Å². The molecule has 3 N–H and O–H groups in total. The molecule has 0 radical (unpaired) electrons. The minimum atomic E-state index is -0.745. The summed E-state index contributed by atoms with van der Waals surface area (Å²) in [7, 11) is 0. The average molecular weight is 282 g/mol. The molecule has 2 rings (SSSR count). The Morgan fingerprint density at radius 2 is 1.90 bits per heavy atom. The van der Waals surface area contributed by atoms with E-state index in [0.29, 0.717) is 24.7 Å². The highest BCUT2D eigenvalue weighted by atomic mass is 16.4. The first-order chi connectivity index (χ1) is 9.51. The molecule has 0 aliphatic heterocycles. The van der Waals surface area contributed by atoms with Crippen molar-refractivity contribution in [2.24, 2.45) is 17.8 Å². The topological polar surface area (TPSA) is 78.4 Å². The van der Waals surface area contributed by atoms with Gasteiger partial charge in [-0.2, -0.15) is 0 Å². The number of hydrogen-bond donors (Lipinski definition) is 3. The van der Waals surface area contributed by atoms with Crippen molar-refractivity contribution < 1.29 is 14.7 Å². The van der Waals surface area contributed by atoms with Crippen LogP contribution in [0.4, 0.5) is 4.79 Å². The summed E-state index contributed by atoms with van der Waals surface area (Å²) in [6, 6.07) is 0.140. The van der Waals surface area contributed by atoms with E-state index in [1.165, 1.54) is 12.8 Å². The molecule has 2 aliphatic carbocycles. The van der Waals surface area contributed by atoms with Crippen LogP contribution in [0.1, 0.15) is 52.4 Å². The number of carboxylic acid groups (broad SMARTS) is 1. The molecule has 2 fully saturated rings. The van der Waals surface area contributed by atoms with Crippen LogP contribution in [0, 0.1) is 17.8 Å². The zero-order chi connectivity index (χ0) is 14.7. The van der Waals surface area contributed by atoms with Gasteiger partial charge in [-0.05, 0) is 43.9 Å². The Hall–Kier alpha value is -1.26. The Labute approximate surface area is 120 Å². The molecule has 2 aliphatic rings. The first kappa shape index (κ1) is 15.1. The van der Waals surface area contributed by atoms with E-state index in [1.54, 1.807) is 0 Å². The number of carbonyl (C=O) groups excluding carboxylic acids is 1. The van der Waals surface area contributed by atoms with Gasteiger partial charge in [0.15, 0.2) is 0 Å². The van der Waals surface area contributed by atoms with E-state index >= 15 is 0 Å². The number of hydrogen-bond acceptors (Lipinski definition) is 2. The molecular weight excluding hydrogens is 256 g/mol. The monoisotopic (exact) mass is 282 g/mol. The van der Waals surface area contributed by atoms with E-state index in [4.69, 9.17) is 5.11 Å². The summed E-state index contributed by atoms with van der Waals surface area (Å²) in [6.45, 7) is 4.41. The molecule has 0 saturated heterocycles. The number of aliphatic carboxylic acids is 1. The standard InChI is InChI=1S/C15H26N2O3/c1-3-10-5-7-13(9(10)2)17-15(20)16-12-6-4-11(8-12)14(18)19/h9-13H,3-8H2,1-2H3,(H,18,19)(H2,16,17,20)/t9?,10?,11-,12+,13?/m1/s1. The van der Waals surface area contributed by atoms with E-state index in [9.17, 15) is 9.59 Å². The van der Waals surface area contributed by atoms with Crippen molar-refractivity contribution in [2.75, 3.05) is 0 Å². The summed E-state index contributed by atoms with van der Waals surface area (Å²) in [5, 5.41) is 15.0. The van der Waals surface area contributed by atoms with Crippen molar-refractivity contribution in [2.45, 2.75) is 64.5 Å². The van der Waals surface area contributed by atoms with E-state index < -0.39 is 5.97 Å². The minimum Gasteiger partial charge on any atom is -0.481 e. The molecule has 5 heteroatoms. The number of carbonyl (C=O) groups is 2. The van der Waals surface area contributed by atoms with E-state index in [0.717, 1.165) is 12.8 Å². The van der Waals surface area contributed by atoms with Crippen LogP contribution in [0.15, 0.2) is 0 Å². The Bertz CT molecular complexity index is 372. The molecule has 0 aromatic rings. The van der Waals surface area contributed by atoms with Crippen LogP contribution >= 0.6 is 0 Å². The predicted molar refractivity (Wildman–Crippen MR) is 76.4 cm³/mol. The second-order valence-corrected chi connectivity index (χ2v) is 6.37. The lowest BCUT2D eigenvalue weighted by atomic mass is 9.93. The fourth-order valence-corrected chi connectivity index (χ4v) is 3.76. The normalized spacial score (nSPS) is 36.8. The third-order valence-corrected chi connectivity index (χ3v) is 5.18. The highest BCUT2D eigenvalue weighted by Gasteiger charge is 2.34. The molecule has 0 heterocycles. The Morgan fingerprint density at radius 3 is 2.45 bits per heavy atom. The van der Waals surface area contributed by atoms with Crippen molar-refractivity contribution in [3.05, 3.63) is 0 Å². The van der Waals surface area contributed by atoms with Crippen LogP contribution in [0.2, 0.25) is 0 Å². The maximum Gasteiger partial charge on any atom is 0.315 e. The first-order valence-corrected chi connectivity index (χ1v) is 7.81. The SMILES string of the molecule is CCC1CCC(NC(=O)N[C@H]2CC[C@@H](C(=O)O)C2)C1C. The fraction of sp³-hybridized carbons (Fsp3) is 0.867. The summed E-state index contributed by atoms with van der Waals surface area (Å²) >= 11 is 0. The predicted octanol–water partition coefficient (Wildman–Crippen LogP) is 2.36. The largest absolute Gasteiger partial charge is 0.481 e. The van der Waals surface area contributed by atoms with Gasteiger partial charge < -0.3 is 15.7 Å². The molecule has 0 bridgehead atoms. The van der Waals surface area contributed by atoms with Gasteiger partial charge in [0, 0.05) is 12.1 Å². The molecule has 5 atom stereocenters. The lowest BCUT2D eigenvalue weighted by Gasteiger charge is -2.22. The van der Waals surface area contributed by atoms with Crippen LogP contribution in [0.5, 0.6) is 0 Å². The summed E-state index contributed by atoms with van der Waals surface area (Å²) in [4.78, 5) is 22.9. The Morgan fingerprint density at radius 1 is 1.15 bits per heavy atom. The summed E-state index contributed by atoms with van der Waals surface area (Å²) in [6.07, 6.45) is 5.40. The highest BCUT2D eigenvalue weighted by Crippen LogP contribution is 2.33. The first-order valence-electron chi connectivity index (χ1n) is 7.81. The van der Waals surface area contributed by atoms with Gasteiger partial charge in [-0.25, -0.2) is 4.79 Å². The van der Waals surface area contributed by atoms with Gasteiger partial charge in [0.2, 0.25) is 0 Å². The fourth-order valence-electron chi connectivity index (χ4n) is 3.76. The van der Waals surface area contributed by atoms with Gasteiger partial charge in [0.05, 0.1) is 5.92 Å². The number of rotatable bonds is 4. The maximum absolute atomic E-state index is 12.0. The van der Waals surface area contributed by atoms with Crippen LogP contribution in [0.3, 0.4) is 0 Å². The summed E-state index contributed by atoms with van der Waals surface area (Å²) in [5.41, 5.74) is 0. The number of urea groups is 1. The minimum absolute atomic E-state index is 0.00906. The molecule has 114 valence electrons. The highest BCUT2D eigenvalue weighted by molar-refractivity contribution is 5.75. The third kappa shape index (κ3) is 3.44. The lowest BCUT2D eigenvalue weighted by molar-refractivity contribution is -0.141. The van der Waals surface area contributed by atoms with Crippen LogP contribution < -0.4 is 10.6 Å². The molecule has 3 unspecified atom stereocenters. The molecular formula is C15H26N2O3. The van der Waals surface area contributed by atoms with Crippen molar-refractivity contribution >= 4 is 12.0 Å². The van der Waals surface area contributed by atoms with Gasteiger partial charge in [0.1, 0.15) is 0 Å². The Balaban J connectivity index is 1.75. The average Bonchev–Trinajstić information content (AvgIpc) is 2.98.